The van der Waals surface area contributed by atoms with Crippen LogP contribution in [0.2, 0.25) is 0 Å². The van der Waals surface area contributed by atoms with Gasteiger partial charge in [0.2, 0.25) is 5.91 Å². The lowest BCUT2D eigenvalue weighted by molar-refractivity contribution is -0.126. The van der Waals surface area contributed by atoms with Crippen LogP contribution in [-0.2, 0) is 11.3 Å². The number of amides is 1. The van der Waals surface area contributed by atoms with E-state index < -0.39 is 0 Å². The number of carbonyl (C=O) groups is 1. The number of fused-ring (bicyclic) bond motifs is 1. The molecule has 1 aliphatic heterocycles. The monoisotopic (exact) mass is 403 g/mol. The van der Waals surface area contributed by atoms with Crippen molar-refractivity contribution >= 4 is 39.8 Å². The number of methoxy groups -OCH3 is 1. The molecule has 1 amide bonds. The smallest absolute Gasteiger partial charge is 0.242 e. The summed E-state index contributed by atoms with van der Waals surface area (Å²) in [5, 5.41) is 11.3. The molecule has 0 unspecified atom stereocenters. The molecule has 4 rings (SSSR count). The van der Waals surface area contributed by atoms with Crippen molar-refractivity contribution in [1.82, 2.24) is 4.90 Å². The van der Waals surface area contributed by atoms with E-state index in [0.29, 0.717) is 11.7 Å². The molecule has 1 fully saturated rings. The zero-order valence-electron chi connectivity index (χ0n) is 16.3. The molecule has 0 N–H and O–H groups in total. The van der Waals surface area contributed by atoms with Gasteiger partial charge in [0.05, 0.1) is 25.1 Å². The fourth-order valence-corrected chi connectivity index (χ4v) is 4.16. The third kappa shape index (κ3) is 4.17. The number of nitrogens with zero attached hydrogens (tertiary/aromatic N) is 3. The number of hydrogen-bond donors (Lipinski definition) is 0. The average molecular weight is 404 g/mol. The first-order chi connectivity index (χ1) is 14.2. The van der Waals surface area contributed by atoms with Crippen LogP contribution in [0.4, 0.5) is 0 Å². The zero-order valence-corrected chi connectivity index (χ0v) is 17.1. The number of carbonyl (C=O) groups excluding carboxylic acids is 1. The third-order valence-corrected chi connectivity index (χ3v) is 5.87. The first kappa shape index (κ1) is 19.2. The third-order valence-electron chi connectivity index (χ3n) is 4.80. The normalized spacial score (nSPS) is 18.3. The van der Waals surface area contributed by atoms with Crippen molar-refractivity contribution in [2.24, 2.45) is 10.2 Å². The zero-order chi connectivity index (χ0) is 20.2. The molecule has 1 atom stereocenters. The fourth-order valence-electron chi connectivity index (χ4n) is 3.24. The van der Waals surface area contributed by atoms with E-state index in [2.05, 4.69) is 34.5 Å². The van der Waals surface area contributed by atoms with E-state index in [1.165, 1.54) is 11.8 Å². The summed E-state index contributed by atoms with van der Waals surface area (Å²) in [4.78, 5) is 14.4. The summed E-state index contributed by atoms with van der Waals surface area (Å²) in [6.45, 7) is 2.38. The van der Waals surface area contributed by atoms with Gasteiger partial charge < -0.3 is 4.74 Å². The van der Waals surface area contributed by atoms with Gasteiger partial charge in [0.15, 0.2) is 5.17 Å². The van der Waals surface area contributed by atoms with E-state index in [-0.39, 0.29) is 11.2 Å². The maximum atomic E-state index is 12.7. The molecule has 1 aliphatic rings. The van der Waals surface area contributed by atoms with Crippen molar-refractivity contribution in [3.8, 4) is 5.75 Å². The first-order valence-corrected chi connectivity index (χ1v) is 10.2. The summed E-state index contributed by atoms with van der Waals surface area (Å²) in [5.74, 6) is 0.849. The highest BCUT2D eigenvalue weighted by Gasteiger charge is 2.35. The molecule has 0 aliphatic carbocycles. The topological polar surface area (TPSA) is 54.3 Å². The van der Waals surface area contributed by atoms with E-state index in [1.807, 2.05) is 49.4 Å². The average Bonchev–Trinajstić information content (AvgIpc) is 3.02. The Morgan fingerprint density at radius 2 is 1.83 bits per heavy atom. The molecule has 3 aromatic carbocycles. The van der Waals surface area contributed by atoms with Crippen molar-refractivity contribution in [3.63, 3.8) is 0 Å². The summed E-state index contributed by atoms with van der Waals surface area (Å²) in [5.41, 5.74) is 2.01. The molecule has 5 nitrogen and oxygen atoms in total. The number of thioether (sulfide) groups is 1. The lowest BCUT2D eigenvalue weighted by Gasteiger charge is -2.17. The first-order valence-electron chi connectivity index (χ1n) is 9.35. The predicted molar refractivity (Wildman–Crippen MR) is 120 cm³/mol. The highest BCUT2D eigenvalue weighted by atomic mass is 32.2. The molecule has 0 aromatic heterocycles. The molecule has 146 valence electrons. The Kier molecular flexibility index (Phi) is 5.62. The predicted octanol–water partition coefficient (Wildman–Crippen LogP) is 4.70. The Balaban J connectivity index is 1.58. The van der Waals surface area contributed by atoms with Crippen LogP contribution in [0, 0.1) is 0 Å². The van der Waals surface area contributed by atoms with E-state index in [4.69, 9.17) is 4.74 Å². The molecular weight excluding hydrogens is 382 g/mol. The Labute approximate surface area is 174 Å². The van der Waals surface area contributed by atoms with Gasteiger partial charge in [-0.1, -0.05) is 54.2 Å². The van der Waals surface area contributed by atoms with E-state index >= 15 is 0 Å². The molecule has 6 heteroatoms. The molecule has 0 spiro atoms. The largest absolute Gasteiger partial charge is 0.497 e. The van der Waals surface area contributed by atoms with Crippen LogP contribution in [0.25, 0.3) is 10.8 Å². The number of benzene rings is 3. The van der Waals surface area contributed by atoms with Crippen molar-refractivity contribution in [2.45, 2.75) is 18.7 Å². The molecule has 0 saturated carbocycles. The summed E-state index contributed by atoms with van der Waals surface area (Å²) in [6.07, 6.45) is 1.68. The molecule has 0 bridgehead atoms. The molecule has 3 aromatic rings. The molecule has 0 radical (unpaired) electrons. The second-order valence-corrected chi connectivity index (χ2v) is 8.03. The minimum absolute atomic E-state index is 0.0568. The second-order valence-electron chi connectivity index (χ2n) is 6.72. The number of ether oxygens (including phenoxy) is 1. The van der Waals surface area contributed by atoms with Crippen molar-refractivity contribution in [1.29, 1.82) is 0 Å². The number of hydrogen-bond acceptors (Lipinski definition) is 5. The van der Waals surface area contributed by atoms with Crippen molar-refractivity contribution in [2.75, 3.05) is 7.11 Å². The Bertz CT molecular complexity index is 1090. The highest BCUT2D eigenvalue weighted by Crippen LogP contribution is 2.30. The summed E-state index contributed by atoms with van der Waals surface area (Å²) >= 11 is 1.44. The standard InChI is InChI=1S/C23H21N3O2S/c1-16-22(27)26(15-19-8-5-7-18-6-3-4-9-21(18)19)23(29-16)25-24-14-17-10-12-20(28-2)13-11-17/h3-14,16H,15H2,1-2H3/b24-14-,25-23-/t16-/m0/s1. The van der Waals surface area contributed by atoms with Gasteiger partial charge in [0.1, 0.15) is 5.75 Å². The minimum Gasteiger partial charge on any atom is -0.497 e. The van der Waals surface area contributed by atoms with Gasteiger partial charge in [-0.05, 0) is 53.1 Å². The summed E-state index contributed by atoms with van der Waals surface area (Å²) in [6, 6.07) is 21.9. The Morgan fingerprint density at radius 3 is 2.62 bits per heavy atom. The Morgan fingerprint density at radius 1 is 1.07 bits per heavy atom. The van der Waals surface area contributed by atoms with Crippen molar-refractivity contribution in [3.05, 3.63) is 77.9 Å². The van der Waals surface area contributed by atoms with Gasteiger partial charge in [-0.3, -0.25) is 9.69 Å². The van der Waals surface area contributed by atoms with Gasteiger partial charge in [-0.2, -0.15) is 5.10 Å². The van der Waals surface area contributed by atoms with Gasteiger partial charge >= 0.3 is 0 Å². The lowest BCUT2D eigenvalue weighted by atomic mass is 10.0. The number of amidine groups is 1. The van der Waals surface area contributed by atoms with Crippen LogP contribution in [0.3, 0.4) is 0 Å². The molecule has 1 heterocycles. The maximum Gasteiger partial charge on any atom is 0.242 e. The molecule has 1 saturated heterocycles. The maximum absolute atomic E-state index is 12.7. The highest BCUT2D eigenvalue weighted by molar-refractivity contribution is 8.15. The lowest BCUT2D eigenvalue weighted by Crippen LogP contribution is -2.30. The van der Waals surface area contributed by atoms with Crippen LogP contribution in [0.15, 0.2) is 76.9 Å². The second kappa shape index (κ2) is 8.49. The summed E-state index contributed by atoms with van der Waals surface area (Å²) < 4.78 is 5.16. The quantitative estimate of drug-likeness (QED) is 0.458. The van der Waals surface area contributed by atoms with E-state index in [0.717, 1.165) is 27.6 Å². The van der Waals surface area contributed by atoms with Crippen LogP contribution in [0.5, 0.6) is 5.75 Å². The summed E-state index contributed by atoms with van der Waals surface area (Å²) in [7, 11) is 1.63. The van der Waals surface area contributed by atoms with E-state index in [1.54, 1.807) is 18.2 Å². The van der Waals surface area contributed by atoms with Gasteiger partial charge in [-0.15, -0.1) is 5.10 Å². The Hall–Kier alpha value is -3.12. The van der Waals surface area contributed by atoms with Crippen LogP contribution in [-0.4, -0.2) is 34.5 Å². The molecular formula is C23H21N3O2S. The SMILES string of the molecule is COc1ccc(/C=N\N=C2/S[C@@H](C)C(=O)N2Cc2cccc3ccccc23)cc1. The van der Waals surface area contributed by atoms with Gasteiger partial charge in [0, 0.05) is 0 Å². The molecule has 29 heavy (non-hydrogen) atoms. The van der Waals surface area contributed by atoms with Crippen LogP contribution < -0.4 is 4.74 Å². The fraction of sp³-hybridized carbons (Fsp3) is 0.174. The van der Waals surface area contributed by atoms with Gasteiger partial charge in [-0.25, -0.2) is 0 Å². The van der Waals surface area contributed by atoms with Crippen LogP contribution in [0.1, 0.15) is 18.1 Å². The van der Waals surface area contributed by atoms with E-state index in [9.17, 15) is 4.79 Å². The van der Waals surface area contributed by atoms with Crippen LogP contribution >= 0.6 is 11.8 Å². The van der Waals surface area contributed by atoms with Crippen molar-refractivity contribution < 1.29 is 9.53 Å². The number of rotatable bonds is 5. The van der Waals surface area contributed by atoms with Gasteiger partial charge in [0.25, 0.3) is 0 Å². The minimum atomic E-state index is -0.167.